The summed E-state index contributed by atoms with van der Waals surface area (Å²) in [7, 11) is 0. The fraction of sp³-hybridized carbons (Fsp3) is 0.438. The van der Waals surface area contributed by atoms with E-state index >= 15 is 0 Å². The number of aryl methyl sites for hydroxylation is 1. The fourth-order valence-electron chi connectivity index (χ4n) is 2.63. The summed E-state index contributed by atoms with van der Waals surface area (Å²) in [6.07, 6.45) is 3.74. The minimum atomic E-state index is -0.126. The van der Waals surface area contributed by atoms with Crippen LogP contribution in [0.4, 0.5) is 0 Å². The van der Waals surface area contributed by atoms with Gasteiger partial charge >= 0.3 is 0 Å². The zero-order chi connectivity index (χ0) is 15.5. The normalized spacial score (nSPS) is 14.2. The van der Waals surface area contributed by atoms with Gasteiger partial charge < -0.3 is 10.0 Å². The minimum Gasteiger partial charge on any atom is -0.395 e. The number of carbonyl (C=O) groups excluding carboxylic acids is 1. The third kappa shape index (κ3) is 3.01. The van der Waals surface area contributed by atoms with Gasteiger partial charge in [0.05, 0.1) is 23.8 Å². The summed E-state index contributed by atoms with van der Waals surface area (Å²) in [6, 6.07) is 7.45. The van der Waals surface area contributed by atoms with Crippen LogP contribution in [0.25, 0.3) is 10.9 Å². The lowest BCUT2D eigenvalue weighted by Crippen LogP contribution is -2.36. The Morgan fingerprint density at radius 2 is 2.14 bits per heavy atom. The highest BCUT2D eigenvalue weighted by molar-refractivity contribution is 5.78. The molecule has 1 fully saturated rings. The Morgan fingerprint density at radius 3 is 2.86 bits per heavy atom. The molecule has 1 N–H and O–H groups in total. The van der Waals surface area contributed by atoms with Gasteiger partial charge in [0.25, 0.3) is 5.56 Å². The van der Waals surface area contributed by atoms with Gasteiger partial charge in [0, 0.05) is 25.6 Å². The summed E-state index contributed by atoms with van der Waals surface area (Å²) < 4.78 is 1.48. The van der Waals surface area contributed by atoms with Gasteiger partial charge in [-0.05, 0) is 25.0 Å². The Bertz CT molecular complexity index is 737. The molecular weight excluding hydrogens is 282 g/mol. The van der Waals surface area contributed by atoms with Crippen molar-refractivity contribution in [2.24, 2.45) is 0 Å². The van der Waals surface area contributed by atoms with Crippen molar-refractivity contribution in [3.8, 4) is 0 Å². The summed E-state index contributed by atoms with van der Waals surface area (Å²) in [4.78, 5) is 30.6. The van der Waals surface area contributed by atoms with Gasteiger partial charge in [-0.25, -0.2) is 4.98 Å². The number of benzene rings is 1. The molecule has 0 saturated heterocycles. The third-order valence-corrected chi connectivity index (χ3v) is 3.95. The number of aliphatic hydroxyl groups is 1. The van der Waals surface area contributed by atoms with Crippen LogP contribution < -0.4 is 5.56 Å². The molecule has 0 spiro atoms. The molecule has 22 heavy (non-hydrogen) atoms. The predicted octanol–water partition coefficient (Wildman–Crippen LogP) is 0.770. The molecular formula is C16H19N3O3. The van der Waals surface area contributed by atoms with Gasteiger partial charge in [0.1, 0.15) is 0 Å². The van der Waals surface area contributed by atoms with Crippen LogP contribution in [-0.4, -0.2) is 44.7 Å². The highest BCUT2D eigenvalue weighted by Gasteiger charge is 2.31. The number of carbonyl (C=O) groups is 1. The maximum Gasteiger partial charge on any atom is 0.261 e. The molecule has 6 heteroatoms. The number of nitrogens with zero attached hydrogens (tertiary/aromatic N) is 3. The fourth-order valence-corrected chi connectivity index (χ4v) is 2.63. The monoisotopic (exact) mass is 301 g/mol. The predicted molar refractivity (Wildman–Crippen MR) is 82.4 cm³/mol. The SMILES string of the molecule is O=C(CCn1cnc2ccccc2c1=O)N(CCO)C1CC1. The second-order valence-corrected chi connectivity index (χ2v) is 5.55. The zero-order valence-electron chi connectivity index (χ0n) is 12.3. The molecule has 0 atom stereocenters. The molecule has 116 valence electrons. The van der Waals surface area contributed by atoms with Crippen LogP contribution in [0.2, 0.25) is 0 Å². The standard InChI is InChI=1S/C16H19N3O3/c20-10-9-19(12-5-6-12)15(21)7-8-18-11-17-14-4-2-1-3-13(14)16(18)22/h1-4,11-12,20H,5-10H2. The van der Waals surface area contributed by atoms with Crippen LogP contribution in [0.1, 0.15) is 19.3 Å². The molecule has 1 saturated carbocycles. The number of hydrogen-bond acceptors (Lipinski definition) is 4. The first kappa shape index (κ1) is 14.7. The van der Waals surface area contributed by atoms with Gasteiger partial charge in [-0.3, -0.25) is 14.2 Å². The first-order valence-corrected chi connectivity index (χ1v) is 7.55. The number of amides is 1. The molecule has 1 amide bonds. The van der Waals surface area contributed by atoms with Crippen molar-refractivity contribution in [3.63, 3.8) is 0 Å². The average Bonchev–Trinajstić information content (AvgIpc) is 3.36. The Morgan fingerprint density at radius 1 is 1.36 bits per heavy atom. The highest BCUT2D eigenvalue weighted by Crippen LogP contribution is 2.27. The Balaban J connectivity index is 1.72. The van der Waals surface area contributed by atoms with Gasteiger partial charge in [-0.15, -0.1) is 0 Å². The number of aliphatic hydroxyl groups excluding tert-OH is 1. The van der Waals surface area contributed by atoms with Crippen LogP contribution in [0.15, 0.2) is 35.4 Å². The Kier molecular flexibility index (Phi) is 4.20. The Labute approximate surface area is 128 Å². The molecule has 1 aromatic carbocycles. The van der Waals surface area contributed by atoms with E-state index in [-0.39, 0.29) is 30.5 Å². The van der Waals surface area contributed by atoms with E-state index in [0.717, 1.165) is 12.8 Å². The Hall–Kier alpha value is -2.21. The maximum atomic E-state index is 12.3. The zero-order valence-corrected chi connectivity index (χ0v) is 12.3. The molecule has 0 unspecified atom stereocenters. The molecule has 3 rings (SSSR count). The van der Waals surface area contributed by atoms with Gasteiger partial charge in [0.2, 0.25) is 5.91 Å². The van der Waals surface area contributed by atoms with Crippen molar-refractivity contribution < 1.29 is 9.90 Å². The van der Waals surface area contributed by atoms with E-state index in [0.29, 0.717) is 24.0 Å². The van der Waals surface area contributed by atoms with Crippen molar-refractivity contribution >= 4 is 16.8 Å². The van der Waals surface area contributed by atoms with Crippen LogP contribution in [0, 0.1) is 0 Å². The number of para-hydroxylation sites is 1. The molecule has 6 nitrogen and oxygen atoms in total. The van der Waals surface area contributed by atoms with Crippen molar-refractivity contribution in [2.45, 2.75) is 31.8 Å². The molecule has 0 bridgehead atoms. The van der Waals surface area contributed by atoms with Crippen LogP contribution >= 0.6 is 0 Å². The lowest BCUT2D eigenvalue weighted by molar-refractivity contribution is -0.132. The lowest BCUT2D eigenvalue weighted by atomic mass is 10.2. The molecule has 0 radical (unpaired) electrons. The molecule has 0 aliphatic heterocycles. The number of fused-ring (bicyclic) bond motifs is 1. The second kappa shape index (κ2) is 6.27. The van der Waals surface area contributed by atoms with Gasteiger partial charge in [0.15, 0.2) is 0 Å². The van der Waals surface area contributed by atoms with Crippen LogP contribution in [0.5, 0.6) is 0 Å². The third-order valence-electron chi connectivity index (χ3n) is 3.95. The average molecular weight is 301 g/mol. The van der Waals surface area contributed by atoms with E-state index in [1.807, 2.05) is 6.07 Å². The van der Waals surface area contributed by atoms with E-state index in [1.165, 1.54) is 10.9 Å². The number of hydrogen-bond donors (Lipinski definition) is 1. The number of rotatable bonds is 6. The maximum absolute atomic E-state index is 12.3. The molecule has 2 aromatic rings. The van der Waals surface area contributed by atoms with E-state index < -0.39 is 0 Å². The summed E-state index contributed by atoms with van der Waals surface area (Å²) in [5, 5.41) is 9.61. The first-order valence-electron chi connectivity index (χ1n) is 7.55. The largest absolute Gasteiger partial charge is 0.395 e. The smallest absolute Gasteiger partial charge is 0.261 e. The summed E-state index contributed by atoms with van der Waals surface area (Å²) in [5.41, 5.74) is 0.536. The molecule has 1 aliphatic rings. The van der Waals surface area contributed by atoms with Crippen molar-refractivity contribution in [1.29, 1.82) is 0 Å². The molecule has 1 heterocycles. The van der Waals surface area contributed by atoms with Crippen molar-refractivity contribution in [2.75, 3.05) is 13.2 Å². The summed E-state index contributed by atoms with van der Waals surface area (Å²) >= 11 is 0. The number of aromatic nitrogens is 2. The first-order chi connectivity index (χ1) is 10.7. The van der Waals surface area contributed by atoms with E-state index in [2.05, 4.69) is 4.98 Å². The highest BCUT2D eigenvalue weighted by atomic mass is 16.3. The van der Waals surface area contributed by atoms with Crippen molar-refractivity contribution in [1.82, 2.24) is 14.5 Å². The lowest BCUT2D eigenvalue weighted by Gasteiger charge is -2.21. The van der Waals surface area contributed by atoms with E-state index in [4.69, 9.17) is 5.11 Å². The van der Waals surface area contributed by atoms with Gasteiger partial charge in [-0.1, -0.05) is 12.1 Å². The van der Waals surface area contributed by atoms with Gasteiger partial charge in [-0.2, -0.15) is 0 Å². The quantitative estimate of drug-likeness (QED) is 0.855. The second-order valence-electron chi connectivity index (χ2n) is 5.55. The molecule has 1 aromatic heterocycles. The van der Waals surface area contributed by atoms with Crippen LogP contribution in [-0.2, 0) is 11.3 Å². The minimum absolute atomic E-state index is 0.0170. The summed E-state index contributed by atoms with van der Waals surface area (Å²) in [5.74, 6) is -0.0170. The molecule has 1 aliphatic carbocycles. The topological polar surface area (TPSA) is 75.4 Å². The van der Waals surface area contributed by atoms with E-state index in [1.54, 1.807) is 23.1 Å². The van der Waals surface area contributed by atoms with E-state index in [9.17, 15) is 9.59 Å². The summed E-state index contributed by atoms with van der Waals surface area (Å²) in [6.45, 7) is 0.651. The van der Waals surface area contributed by atoms with Crippen LogP contribution in [0.3, 0.4) is 0 Å². The van der Waals surface area contributed by atoms with Crippen molar-refractivity contribution in [3.05, 3.63) is 40.9 Å².